The molecule has 302 valence electrons. The first-order chi connectivity index (χ1) is 27.9. The predicted octanol–water partition coefficient (Wildman–Crippen LogP) is 6.18. The molecule has 0 bridgehead atoms. The third-order valence-corrected chi connectivity index (χ3v) is 9.88. The number of hydrogen-bond donors (Lipinski definition) is 5. The molecule has 2 amide bonds. The molecule has 19 heteroatoms. The molecule has 0 atom stereocenters. The van der Waals surface area contributed by atoms with Crippen molar-refractivity contribution in [1.82, 2.24) is 60.1 Å². The van der Waals surface area contributed by atoms with Crippen molar-refractivity contribution in [2.45, 2.75) is 57.7 Å². The topological polar surface area (TPSA) is 224 Å². The van der Waals surface area contributed by atoms with Crippen molar-refractivity contribution >= 4 is 62.1 Å². The fraction of sp³-hybridized carbons (Fsp3) is 0.275. The maximum absolute atomic E-state index is 13.7. The Morgan fingerprint density at radius 3 is 1.81 bits per heavy atom. The number of aromatic amines is 2. The number of nitrogens with zero attached hydrogens (tertiary/aromatic N) is 8. The summed E-state index contributed by atoms with van der Waals surface area (Å²) in [7, 11) is 3.44. The summed E-state index contributed by atoms with van der Waals surface area (Å²) < 4.78 is 35.5. The second kappa shape index (κ2) is 14.3. The van der Waals surface area contributed by atoms with E-state index in [4.69, 9.17) is 4.74 Å². The average Bonchev–Trinajstić information content (AvgIpc) is 3.93. The van der Waals surface area contributed by atoms with Gasteiger partial charge in [-0.05, 0) is 76.9 Å². The van der Waals surface area contributed by atoms with E-state index in [1.54, 1.807) is 48.0 Å². The Morgan fingerprint density at radius 1 is 0.831 bits per heavy atom. The summed E-state index contributed by atoms with van der Waals surface area (Å²) >= 11 is 0. The number of ether oxygens (including phenoxy) is 1. The van der Waals surface area contributed by atoms with Crippen LogP contribution in [0.4, 0.5) is 13.6 Å². The number of rotatable bonds is 6. The van der Waals surface area contributed by atoms with Gasteiger partial charge < -0.3 is 30.4 Å². The first-order valence-electron chi connectivity index (χ1n) is 18.4. The highest BCUT2D eigenvalue weighted by Crippen LogP contribution is 2.34. The van der Waals surface area contributed by atoms with Crippen LogP contribution in [-0.2, 0) is 18.8 Å². The molecule has 1 saturated carbocycles. The van der Waals surface area contributed by atoms with Crippen LogP contribution >= 0.6 is 0 Å². The zero-order valence-electron chi connectivity index (χ0n) is 32.7. The fourth-order valence-corrected chi connectivity index (χ4v) is 7.23. The number of alkyl carbamates (subject to hydrolysis) is 1. The van der Waals surface area contributed by atoms with Gasteiger partial charge >= 0.3 is 12.1 Å². The molecule has 5 N–H and O–H groups in total. The van der Waals surface area contributed by atoms with E-state index in [-0.39, 0.29) is 34.7 Å². The van der Waals surface area contributed by atoms with Crippen molar-refractivity contribution in [3.8, 4) is 22.8 Å². The Bertz CT molecular complexity index is 2970. The van der Waals surface area contributed by atoms with Crippen LogP contribution in [-0.4, -0.2) is 89.7 Å². The number of nitrogens with one attached hydrogen (secondary N) is 4. The first kappa shape index (κ1) is 38.6. The second-order valence-electron chi connectivity index (χ2n) is 15.6. The van der Waals surface area contributed by atoms with Gasteiger partial charge in [-0.15, -0.1) is 0 Å². The monoisotopic (exact) mass is 804 g/mol. The molecule has 8 aromatic rings. The molecule has 1 aliphatic carbocycles. The normalized spacial score (nSPS) is 16.5. The van der Waals surface area contributed by atoms with Crippen LogP contribution in [0.3, 0.4) is 0 Å². The Kier molecular flexibility index (Phi) is 9.32. The Labute approximate surface area is 333 Å². The number of carbonyl (C=O) groups is 3. The second-order valence-corrected chi connectivity index (χ2v) is 15.6. The van der Waals surface area contributed by atoms with Gasteiger partial charge in [-0.3, -0.25) is 14.2 Å². The summed E-state index contributed by atoms with van der Waals surface area (Å²) in [6.45, 7) is 7.36. The lowest BCUT2D eigenvalue weighted by Gasteiger charge is -2.45. The van der Waals surface area contributed by atoms with Crippen LogP contribution < -0.4 is 10.6 Å². The van der Waals surface area contributed by atoms with Crippen LogP contribution in [0, 0.1) is 11.6 Å². The maximum Gasteiger partial charge on any atom is 0.407 e. The third-order valence-electron chi connectivity index (χ3n) is 9.88. The van der Waals surface area contributed by atoms with Gasteiger partial charge in [0.25, 0.3) is 5.91 Å². The minimum absolute atomic E-state index is 0.0423. The molecular formula is C40H38F2N12O5. The standard InChI is InChI=1S/C25H28FN7O3.C15H10FN5O2/c1-24(2,3)36-23(35)29-14-9-25(4,10-14)31-22(34)16-11-27-21-20(16)30-17(12-28-21)19-15-7-6-13(26)8-18(15)33(5)32-19;1-21-11-4-7(16)2-3-8(11)12(20-21)10-6-18-14-13(19-10)9(5-17-14)15(22)23/h6-8,11-12,14H,9-10H2,1-5H3,(H,27,28)(H,29,35)(H,31,34);2-6H,1H3,(H,17,18)(H,22,23). The van der Waals surface area contributed by atoms with Gasteiger partial charge in [-0.1, -0.05) is 0 Å². The molecule has 2 aromatic carbocycles. The minimum Gasteiger partial charge on any atom is -0.478 e. The third kappa shape index (κ3) is 7.49. The molecule has 9 rings (SSSR count). The maximum atomic E-state index is 13.7. The number of fused-ring (bicyclic) bond motifs is 4. The van der Waals surface area contributed by atoms with Crippen LogP contribution in [0.1, 0.15) is 61.3 Å². The lowest BCUT2D eigenvalue weighted by atomic mass is 9.74. The number of aryl methyl sites for hydroxylation is 2. The quantitative estimate of drug-likeness (QED) is 0.128. The number of aromatic carboxylic acids is 1. The largest absolute Gasteiger partial charge is 0.478 e. The van der Waals surface area contributed by atoms with E-state index < -0.39 is 23.2 Å². The Hall–Kier alpha value is -7.31. The summed E-state index contributed by atoms with van der Waals surface area (Å²) in [6.07, 6.45) is 6.70. The summed E-state index contributed by atoms with van der Waals surface area (Å²) in [6, 6.07) is 8.71. The number of carboxylic acid groups (broad SMARTS) is 1. The molecule has 0 radical (unpaired) electrons. The number of H-pyrrole nitrogens is 2. The molecule has 0 spiro atoms. The highest BCUT2D eigenvalue weighted by molar-refractivity contribution is 6.05. The molecule has 0 unspecified atom stereocenters. The van der Waals surface area contributed by atoms with E-state index >= 15 is 0 Å². The summed E-state index contributed by atoms with van der Waals surface area (Å²) in [5.74, 6) is -2.09. The van der Waals surface area contributed by atoms with Crippen molar-refractivity contribution in [2.75, 3.05) is 0 Å². The van der Waals surface area contributed by atoms with E-state index in [1.807, 2.05) is 27.7 Å². The average molecular weight is 805 g/mol. The van der Waals surface area contributed by atoms with Gasteiger partial charge in [0, 0.05) is 48.8 Å². The van der Waals surface area contributed by atoms with Crippen LogP contribution in [0.5, 0.6) is 0 Å². The lowest BCUT2D eigenvalue weighted by molar-refractivity contribution is 0.0418. The molecular weight excluding hydrogens is 767 g/mol. The van der Waals surface area contributed by atoms with E-state index in [9.17, 15) is 28.3 Å². The molecule has 17 nitrogen and oxygen atoms in total. The van der Waals surface area contributed by atoms with E-state index in [1.165, 1.54) is 36.7 Å². The van der Waals surface area contributed by atoms with Gasteiger partial charge in [0.15, 0.2) is 11.3 Å². The Morgan fingerprint density at radius 2 is 1.32 bits per heavy atom. The first-order valence-corrected chi connectivity index (χ1v) is 18.4. The number of carboxylic acids is 1. The van der Waals surface area contributed by atoms with E-state index in [0.717, 1.165) is 10.8 Å². The van der Waals surface area contributed by atoms with Crippen LogP contribution in [0.2, 0.25) is 0 Å². The summed E-state index contributed by atoms with van der Waals surface area (Å²) in [4.78, 5) is 59.8. The SMILES string of the molecule is Cn1nc(-c2cnc3[nH]cc(C(=O)NC4(C)CC(NC(=O)OC(C)(C)C)C4)c3n2)c2ccc(F)cc21.Cn1nc(-c2cnc3[nH]cc(C(=O)O)c3n2)c2ccc(F)cc21. The van der Waals surface area contributed by atoms with Gasteiger partial charge in [0.05, 0.1) is 29.0 Å². The number of amides is 2. The zero-order valence-corrected chi connectivity index (χ0v) is 32.7. The molecule has 59 heavy (non-hydrogen) atoms. The molecule has 0 aliphatic heterocycles. The van der Waals surface area contributed by atoms with Gasteiger partial charge in [0.1, 0.15) is 56.6 Å². The molecule has 1 aliphatic rings. The zero-order chi connectivity index (χ0) is 42.0. The molecule has 6 aromatic heterocycles. The lowest BCUT2D eigenvalue weighted by Crippen LogP contribution is -2.62. The summed E-state index contributed by atoms with van der Waals surface area (Å²) in [5, 5.41) is 25.4. The molecule has 1 fully saturated rings. The van der Waals surface area contributed by atoms with E-state index in [2.05, 4.69) is 50.7 Å². The van der Waals surface area contributed by atoms with Crippen molar-refractivity contribution in [3.05, 3.63) is 83.9 Å². The van der Waals surface area contributed by atoms with Gasteiger partial charge in [-0.25, -0.2) is 38.3 Å². The summed E-state index contributed by atoms with van der Waals surface area (Å²) in [5.41, 5.74) is 4.11. The highest BCUT2D eigenvalue weighted by atomic mass is 19.1. The predicted molar refractivity (Wildman–Crippen MR) is 212 cm³/mol. The van der Waals surface area contributed by atoms with Crippen molar-refractivity contribution in [2.24, 2.45) is 14.1 Å². The van der Waals surface area contributed by atoms with Crippen molar-refractivity contribution in [3.63, 3.8) is 0 Å². The van der Waals surface area contributed by atoms with E-state index in [0.29, 0.717) is 69.0 Å². The smallest absolute Gasteiger partial charge is 0.407 e. The number of aromatic nitrogens is 10. The molecule has 0 saturated heterocycles. The van der Waals surface area contributed by atoms with Crippen LogP contribution in [0.25, 0.3) is 66.9 Å². The molecule has 6 heterocycles. The fourth-order valence-electron chi connectivity index (χ4n) is 7.23. The van der Waals surface area contributed by atoms with Gasteiger partial charge in [-0.2, -0.15) is 10.2 Å². The van der Waals surface area contributed by atoms with Crippen molar-refractivity contribution in [1.29, 1.82) is 0 Å². The number of benzene rings is 2. The number of carbonyl (C=O) groups excluding carboxylic acids is 2. The van der Waals surface area contributed by atoms with Gasteiger partial charge in [0.2, 0.25) is 0 Å². The minimum atomic E-state index is -1.09. The number of hydrogen-bond acceptors (Lipinski definition) is 10. The van der Waals surface area contributed by atoms with Crippen LogP contribution in [0.15, 0.2) is 61.2 Å². The number of halogens is 2. The van der Waals surface area contributed by atoms with Crippen molar-refractivity contribution < 1.29 is 33.0 Å². The Balaban J connectivity index is 0.000000180. The highest BCUT2D eigenvalue weighted by Gasteiger charge is 2.43.